The summed E-state index contributed by atoms with van der Waals surface area (Å²) in [6.45, 7) is 3.67. The first-order chi connectivity index (χ1) is 8.43. The number of benzene rings is 1. The molecule has 0 spiro atoms. The molecule has 98 valence electrons. The molecule has 0 aliphatic heterocycles. The van der Waals surface area contributed by atoms with Crippen LogP contribution in [0.4, 0.5) is 5.69 Å². The fourth-order valence-corrected chi connectivity index (χ4v) is 1.52. The lowest BCUT2D eigenvalue weighted by Gasteiger charge is -2.11. The molecule has 0 aromatic heterocycles. The predicted octanol–water partition coefficient (Wildman–Crippen LogP) is 1.76. The third-order valence-corrected chi connectivity index (χ3v) is 2.72. The van der Waals surface area contributed by atoms with Gasteiger partial charge in [-0.25, -0.2) is 4.79 Å². The number of hydrogen-bond acceptors (Lipinski definition) is 3. The van der Waals surface area contributed by atoms with Crippen LogP contribution >= 0.6 is 0 Å². The molecule has 1 amide bonds. The van der Waals surface area contributed by atoms with Crippen molar-refractivity contribution in [2.24, 2.45) is 5.73 Å². The van der Waals surface area contributed by atoms with Gasteiger partial charge in [0.25, 0.3) is 0 Å². The summed E-state index contributed by atoms with van der Waals surface area (Å²) in [6, 6.07) is 4.43. The molecular formula is C13H18N2O3. The molecule has 1 aromatic rings. The molecule has 0 bridgehead atoms. The molecule has 1 rings (SSSR count). The Kier molecular flexibility index (Phi) is 4.85. The second-order valence-electron chi connectivity index (χ2n) is 4.26. The second kappa shape index (κ2) is 6.16. The fourth-order valence-electron chi connectivity index (χ4n) is 1.52. The zero-order valence-corrected chi connectivity index (χ0v) is 10.6. The van der Waals surface area contributed by atoms with Crippen LogP contribution in [-0.4, -0.2) is 23.0 Å². The Bertz CT molecular complexity index is 458. The number of anilines is 1. The number of nitrogens with one attached hydrogen (secondary N) is 1. The molecule has 5 nitrogen and oxygen atoms in total. The van der Waals surface area contributed by atoms with Crippen molar-refractivity contribution in [3.05, 3.63) is 29.3 Å². The number of carbonyl (C=O) groups excluding carboxylic acids is 1. The summed E-state index contributed by atoms with van der Waals surface area (Å²) in [5.74, 6) is -1.14. The van der Waals surface area contributed by atoms with Gasteiger partial charge in [-0.2, -0.15) is 0 Å². The first-order valence-electron chi connectivity index (χ1n) is 5.83. The Labute approximate surface area is 106 Å². The van der Waals surface area contributed by atoms with E-state index in [4.69, 9.17) is 10.8 Å². The van der Waals surface area contributed by atoms with Crippen molar-refractivity contribution < 1.29 is 14.7 Å². The van der Waals surface area contributed by atoms with E-state index in [1.807, 2.05) is 6.92 Å². The molecule has 0 saturated carbocycles. The van der Waals surface area contributed by atoms with Gasteiger partial charge in [0, 0.05) is 18.2 Å². The average molecular weight is 250 g/mol. The number of nitrogens with two attached hydrogens (primary N) is 1. The molecule has 5 heteroatoms. The number of aryl methyl sites for hydroxylation is 1. The SMILES string of the molecule is CCC(N)CC(=O)Nc1ccc(C(=O)O)cc1C. The van der Waals surface area contributed by atoms with Gasteiger partial charge in [0.1, 0.15) is 0 Å². The molecule has 0 radical (unpaired) electrons. The molecule has 1 atom stereocenters. The number of carboxylic acids is 1. The minimum atomic E-state index is -0.982. The smallest absolute Gasteiger partial charge is 0.335 e. The van der Waals surface area contributed by atoms with E-state index in [0.717, 1.165) is 6.42 Å². The molecular weight excluding hydrogens is 232 g/mol. The number of amides is 1. The van der Waals surface area contributed by atoms with Gasteiger partial charge in [-0.1, -0.05) is 6.92 Å². The molecule has 18 heavy (non-hydrogen) atoms. The molecule has 1 aromatic carbocycles. The maximum absolute atomic E-state index is 11.6. The Balaban J connectivity index is 2.74. The summed E-state index contributed by atoms with van der Waals surface area (Å²) >= 11 is 0. The van der Waals surface area contributed by atoms with Gasteiger partial charge in [-0.15, -0.1) is 0 Å². The van der Waals surface area contributed by atoms with Crippen LogP contribution in [0.2, 0.25) is 0 Å². The molecule has 1 unspecified atom stereocenters. The third-order valence-electron chi connectivity index (χ3n) is 2.72. The van der Waals surface area contributed by atoms with E-state index >= 15 is 0 Å². The van der Waals surface area contributed by atoms with Crippen LogP contribution < -0.4 is 11.1 Å². The first-order valence-corrected chi connectivity index (χ1v) is 5.83. The molecule has 0 saturated heterocycles. The van der Waals surface area contributed by atoms with Crippen LogP contribution in [0, 0.1) is 6.92 Å². The van der Waals surface area contributed by atoms with Gasteiger partial charge >= 0.3 is 5.97 Å². The van der Waals surface area contributed by atoms with E-state index in [9.17, 15) is 9.59 Å². The molecule has 4 N–H and O–H groups in total. The van der Waals surface area contributed by atoms with Gasteiger partial charge in [0.05, 0.1) is 5.56 Å². The number of carbonyl (C=O) groups is 2. The third kappa shape index (κ3) is 3.85. The summed E-state index contributed by atoms with van der Waals surface area (Å²) in [5.41, 5.74) is 7.23. The highest BCUT2D eigenvalue weighted by Crippen LogP contribution is 2.17. The van der Waals surface area contributed by atoms with Crippen LogP contribution in [-0.2, 0) is 4.79 Å². The number of rotatable bonds is 5. The van der Waals surface area contributed by atoms with Crippen molar-refractivity contribution in [2.75, 3.05) is 5.32 Å². The standard InChI is InChI=1S/C13H18N2O3/c1-3-10(14)7-12(16)15-11-5-4-9(13(17)18)6-8(11)2/h4-6,10H,3,7,14H2,1-2H3,(H,15,16)(H,17,18). The lowest BCUT2D eigenvalue weighted by atomic mass is 10.1. The molecule has 0 fully saturated rings. The highest BCUT2D eigenvalue weighted by molar-refractivity contribution is 5.93. The predicted molar refractivity (Wildman–Crippen MR) is 69.7 cm³/mol. The maximum Gasteiger partial charge on any atom is 0.335 e. The van der Waals surface area contributed by atoms with Crippen molar-refractivity contribution >= 4 is 17.6 Å². The average Bonchev–Trinajstić information content (AvgIpc) is 2.31. The van der Waals surface area contributed by atoms with Crippen LogP contribution in [0.5, 0.6) is 0 Å². The largest absolute Gasteiger partial charge is 0.478 e. The normalized spacial score (nSPS) is 11.9. The number of hydrogen-bond donors (Lipinski definition) is 3. The van der Waals surface area contributed by atoms with Gasteiger partial charge in [0.2, 0.25) is 5.91 Å². The lowest BCUT2D eigenvalue weighted by Crippen LogP contribution is -2.26. The Morgan fingerprint density at radius 2 is 2.11 bits per heavy atom. The molecule has 0 aliphatic rings. The summed E-state index contributed by atoms with van der Waals surface area (Å²) in [6.07, 6.45) is 1.00. The number of carboxylic acid groups (broad SMARTS) is 1. The summed E-state index contributed by atoms with van der Waals surface area (Å²) < 4.78 is 0. The van der Waals surface area contributed by atoms with Crippen LogP contribution in [0.3, 0.4) is 0 Å². The minimum absolute atomic E-state index is 0.149. The lowest BCUT2D eigenvalue weighted by molar-refractivity contribution is -0.116. The summed E-state index contributed by atoms with van der Waals surface area (Å²) in [5, 5.41) is 11.6. The zero-order valence-electron chi connectivity index (χ0n) is 10.6. The van der Waals surface area contributed by atoms with E-state index in [1.54, 1.807) is 13.0 Å². The van der Waals surface area contributed by atoms with E-state index in [-0.39, 0.29) is 23.9 Å². The summed E-state index contributed by atoms with van der Waals surface area (Å²) in [4.78, 5) is 22.4. The molecule has 0 aliphatic carbocycles. The van der Waals surface area contributed by atoms with Crippen LogP contribution in [0.1, 0.15) is 35.7 Å². The Morgan fingerprint density at radius 3 is 2.61 bits per heavy atom. The van der Waals surface area contributed by atoms with Gasteiger partial charge in [-0.05, 0) is 37.1 Å². The summed E-state index contributed by atoms with van der Waals surface area (Å²) in [7, 11) is 0. The number of aromatic carboxylic acids is 1. The molecule has 0 heterocycles. The van der Waals surface area contributed by atoms with Crippen molar-refractivity contribution in [2.45, 2.75) is 32.7 Å². The van der Waals surface area contributed by atoms with Gasteiger partial charge in [0.15, 0.2) is 0 Å². The Morgan fingerprint density at radius 1 is 1.44 bits per heavy atom. The first kappa shape index (κ1) is 14.2. The van der Waals surface area contributed by atoms with Crippen molar-refractivity contribution in [3.63, 3.8) is 0 Å². The topological polar surface area (TPSA) is 92.4 Å². The van der Waals surface area contributed by atoms with E-state index in [1.165, 1.54) is 12.1 Å². The highest BCUT2D eigenvalue weighted by atomic mass is 16.4. The maximum atomic E-state index is 11.6. The minimum Gasteiger partial charge on any atom is -0.478 e. The van der Waals surface area contributed by atoms with E-state index < -0.39 is 5.97 Å². The highest BCUT2D eigenvalue weighted by Gasteiger charge is 2.10. The fraction of sp³-hybridized carbons (Fsp3) is 0.385. The monoisotopic (exact) mass is 250 g/mol. The van der Waals surface area contributed by atoms with E-state index in [0.29, 0.717) is 11.3 Å². The van der Waals surface area contributed by atoms with Crippen molar-refractivity contribution in [1.82, 2.24) is 0 Å². The zero-order chi connectivity index (χ0) is 13.7. The van der Waals surface area contributed by atoms with Gasteiger partial charge in [-0.3, -0.25) is 4.79 Å². The quantitative estimate of drug-likeness (QED) is 0.742. The Hall–Kier alpha value is -1.88. The van der Waals surface area contributed by atoms with Crippen molar-refractivity contribution in [3.8, 4) is 0 Å². The second-order valence-corrected chi connectivity index (χ2v) is 4.26. The van der Waals surface area contributed by atoms with Crippen LogP contribution in [0.25, 0.3) is 0 Å². The van der Waals surface area contributed by atoms with E-state index in [2.05, 4.69) is 5.32 Å². The van der Waals surface area contributed by atoms with Crippen LogP contribution in [0.15, 0.2) is 18.2 Å². The van der Waals surface area contributed by atoms with Crippen molar-refractivity contribution in [1.29, 1.82) is 0 Å². The van der Waals surface area contributed by atoms with Gasteiger partial charge < -0.3 is 16.2 Å².